The van der Waals surface area contributed by atoms with Crippen LogP contribution in [0.3, 0.4) is 0 Å². The summed E-state index contributed by atoms with van der Waals surface area (Å²) in [5, 5.41) is 9.67. The van der Waals surface area contributed by atoms with E-state index in [1.165, 1.54) is 98.4 Å². The summed E-state index contributed by atoms with van der Waals surface area (Å²) < 4.78 is 13.4. The maximum absolute atomic E-state index is 6.70. The molecule has 4 saturated carbocycles. The fraction of sp³-hybridized carbons (Fsp3) is 0.243. The predicted molar refractivity (Wildman–Crippen MR) is 326 cm³/mol. The van der Waals surface area contributed by atoms with Crippen LogP contribution in [-0.4, -0.2) is 0 Å². The van der Waals surface area contributed by atoms with Gasteiger partial charge in [-0.15, -0.1) is 0 Å². The highest BCUT2D eigenvalue weighted by Crippen LogP contribution is 2.72. The van der Waals surface area contributed by atoms with Crippen molar-refractivity contribution in [2.24, 2.45) is 23.7 Å². The van der Waals surface area contributed by atoms with E-state index in [1.54, 1.807) is 0 Å². The molecule has 1 spiro atoms. The van der Waals surface area contributed by atoms with Gasteiger partial charge in [0.25, 0.3) is 0 Å². The van der Waals surface area contributed by atoms with Gasteiger partial charge in [-0.3, -0.25) is 0 Å². The van der Waals surface area contributed by atoms with Crippen LogP contribution in [-0.2, 0) is 16.2 Å². The van der Waals surface area contributed by atoms with Crippen LogP contribution in [0.1, 0.15) is 95.9 Å². The van der Waals surface area contributed by atoms with Crippen LogP contribution in [0.15, 0.2) is 203 Å². The maximum atomic E-state index is 6.70. The van der Waals surface area contributed by atoms with E-state index in [4.69, 9.17) is 8.83 Å². The Morgan fingerprint density at radius 2 is 0.718 bits per heavy atom. The lowest BCUT2D eigenvalue weighted by atomic mass is 9.43. The molecule has 10 aromatic carbocycles. The zero-order valence-electron chi connectivity index (χ0n) is 45.5. The van der Waals surface area contributed by atoms with Crippen LogP contribution >= 0.6 is 0 Å². The number of hydrogen-bond acceptors (Lipinski definition) is 4. The number of hydrogen-bond donors (Lipinski definition) is 0. The van der Waals surface area contributed by atoms with Gasteiger partial charge in [0, 0.05) is 38.3 Å². The Bertz CT molecular complexity index is 4130. The summed E-state index contributed by atoms with van der Waals surface area (Å²) in [7, 11) is 0. The molecule has 0 amide bonds. The molecule has 5 aliphatic carbocycles. The summed E-state index contributed by atoms with van der Waals surface area (Å²) in [6.45, 7) is 13.9. The molecule has 4 heteroatoms. The molecular formula is C74H64N2O2. The van der Waals surface area contributed by atoms with Gasteiger partial charge in [0.1, 0.15) is 22.3 Å². The average molecular weight is 1010 g/mol. The molecule has 4 bridgehead atoms. The third kappa shape index (κ3) is 6.52. The van der Waals surface area contributed by atoms with Gasteiger partial charge in [-0.05, 0) is 184 Å². The first-order valence-corrected chi connectivity index (χ1v) is 28.7. The third-order valence-electron chi connectivity index (χ3n) is 19.3. The molecule has 2 heterocycles. The minimum Gasteiger partial charge on any atom is -0.456 e. The molecule has 0 aliphatic heterocycles. The molecule has 0 unspecified atom stereocenters. The molecule has 0 radical (unpaired) electrons. The molecule has 0 N–H and O–H groups in total. The molecule has 0 saturated heterocycles. The van der Waals surface area contributed by atoms with Crippen LogP contribution in [0.2, 0.25) is 0 Å². The van der Waals surface area contributed by atoms with Crippen molar-refractivity contribution in [2.45, 2.75) is 89.9 Å². The van der Waals surface area contributed by atoms with Gasteiger partial charge in [0.2, 0.25) is 0 Å². The number of furan rings is 2. The largest absolute Gasteiger partial charge is 0.456 e. The van der Waals surface area contributed by atoms with Gasteiger partial charge in [-0.1, -0.05) is 163 Å². The Kier molecular flexibility index (Phi) is 9.73. The number of para-hydroxylation sites is 2. The average Bonchev–Trinajstić information content (AvgIpc) is 4.21. The van der Waals surface area contributed by atoms with E-state index in [9.17, 15) is 0 Å². The second-order valence-corrected chi connectivity index (χ2v) is 25.7. The summed E-state index contributed by atoms with van der Waals surface area (Å²) >= 11 is 0. The molecule has 382 valence electrons. The van der Waals surface area contributed by atoms with Crippen molar-refractivity contribution in [3.8, 4) is 11.1 Å². The molecule has 4 nitrogen and oxygen atoms in total. The van der Waals surface area contributed by atoms with Gasteiger partial charge in [0.15, 0.2) is 0 Å². The lowest BCUT2D eigenvalue weighted by Crippen LogP contribution is -2.55. The maximum Gasteiger partial charge on any atom is 0.137 e. The second kappa shape index (κ2) is 16.5. The van der Waals surface area contributed by atoms with Crippen molar-refractivity contribution in [3.63, 3.8) is 0 Å². The van der Waals surface area contributed by atoms with Crippen molar-refractivity contribution in [1.29, 1.82) is 0 Å². The fourth-order valence-corrected chi connectivity index (χ4v) is 16.1. The third-order valence-corrected chi connectivity index (χ3v) is 19.3. The second-order valence-electron chi connectivity index (χ2n) is 25.7. The van der Waals surface area contributed by atoms with E-state index in [0.717, 1.165) is 78.5 Å². The lowest BCUT2D eigenvalue weighted by molar-refractivity contribution is -0.0398. The fourth-order valence-electron chi connectivity index (χ4n) is 16.1. The van der Waals surface area contributed by atoms with Crippen LogP contribution in [0.4, 0.5) is 34.1 Å². The van der Waals surface area contributed by atoms with Gasteiger partial charge in [-0.2, -0.15) is 0 Å². The number of fused-ring (bicyclic) bond motifs is 13. The van der Waals surface area contributed by atoms with Crippen molar-refractivity contribution in [3.05, 3.63) is 216 Å². The normalized spacial score (nSPS) is 19.3. The van der Waals surface area contributed by atoms with E-state index >= 15 is 0 Å². The zero-order chi connectivity index (χ0) is 52.4. The quantitative estimate of drug-likeness (QED) is 0.166. The monoisotopic (exact) mass is 1010 g/mol. The van der Waals surface area contributed by atoms with Gasteiger partial charge < -0.3 is 18.6 Å². The van der Waals surface area contributed by atoms with Crippen LogP contribution in [0.5, 0.6) is 0 Å². The molecule has 0 atom stereocenters. The summed E-state index contributed by atoms with van der Waals surface area (Å²) in [4.78, 5) is 5.18. The van der Waals surface area contributed by atoms with Crippen molar-refractivity contribution >= 4 is 99.5 Å². The Hall–Kier alpha value is -8.08. The molecular weight excluding hydrogens is 949 g/mol. The topological polar surface area (TPSA) is 32.8 Å². The Morgan fingerprint density at radius 1 is 0.359 bits per heavy atom. The minimum absolute atomic E-state index is 0.00788. The molecule has 17 rings (SSSR count). The van der Waals surface area contributed by atoms with Crippen molar-refractivity contribution in [2.75, 3.05) is 9.80 Å². The van der Waals surface area contributed by atoms with Crippen molar-refractivity contribution in [1.82, 2.24) is 0 Å². The molecule has 78 heavy (non-hydrogen) atoms. The smallest absolute Gasteiger partial charge is 0.137 e. The minimum atomic E-state index is -0.206. The van der Waals surface area contributed by atoms with Crippen LogP contribution in [0.25, 0.3) is 76.5 Å². The van der Waals surface area contributed by atoms with E-state index in [1.807, 2.05) is 0 Å². The molecule has 2 aromatic heterocycles. The number of benzene rings is 10. The first kappa shape index (κ1) is 46.1. The van der Waals surface area contributed by atoms with Crippen LogP contribution in [0, 0.1) is 23.7 Å². The molecule has 4 fully saturated rings. The van der Waals surface area contributed by atoms with Gasteiger partial charge in [-0.25, -0.2) is 0 Å². The van der Waals surface area contributed by atoms with E-state index in [-0.39, 0.29) is 16.2 Å². The summed E-state index contributed by atoms with van der Waals surface area (Å²) in [5.74, 6) is 2.58. The molecule has 5 aliphatic rings. The van der Waals surface area contributed by atoms with E-state index in [2.05, 4.69) is 245 Å². The summed E-state index contributed by atoms with van der Waals surface area (Å²) in [6, 6.07) is 73.5. The highest BCUT2D eigenvalue weighted by molar-refractivity contribution is 6.21. The Morgan fingerprint density at radius 3 is 1.12 bits per heavy atom. The lowest BCUT2D eigenvalue weighted by Gasteiger charge is -2.61. The number of rotatable bonds is 6. The zero-order valence-corrected chi connectivity index (χ0v) is 45.5. The van der Waals surface area contributed by atoms with Gasteiger partial charge >= 0.3 is 0 Å². The standard InChI is InChI=1S/C74H64N2O2/c1-72(2,3)46-29-33-50(34-30-46)75(60-23-15-27-66-70(60)56-21-11-13-25-64(56)77-66)62-42-58-68(54-19-9-7-17-52(54)62)69-55-20-10-8-18-53(55)63(43-59(69)74(58)48-38-44-37-45(40-48)41-49(74)39-44)76(51-35-31-47(32-36-51)73(4,5)6)61-24-16-28-67-71(61)57-22-12-14-26-65(57)78-67/h7-36,42-45,48-49H,37-41H2,1-6H3. The molecule has 12 aromatic rings. The first-order valence-electron chi connectivity index (χ1n) is 28.7. The van der Waals surface area contributed by atoms with E-state index in [0.29, 0.717) is 11.8 Å². The summed E-state index contributed by atoms with van der Waals surface area (Å²) in [6.07, 6.45) is 6.47. The Balaban J connectivity index is 1.02. The SMILES string of the molecule is CC(C)(C)c1ccc(N(c2cc3c(c4ccccc24)-c2c(cc(N(c4ccc(C(C)(C)C)cc4)c4cccc5oc6ccccc6c45)c4ccccc24)C32C3CC4CC(C3)CC2C4)c2cccc3oc4ccccc4c23)cc1. The summed E-state index contributed by atoms with van der Waals surface area (Å²) in [5.41, 5.74) is 18.9. The predicted octanol–water partition coefficient (Wildman–Crippen LogP) is 21.0. The number of anilines is 6. The first-order chi connectivity index (χ1) is 37.9. The Labute approximate surface area is 456 Å². The van der Waals surface area contributed by atoms with Crippen LogP contribution < -0.4 is 9.80 Å². The van der Waals surface area contributed by atoms with E-state index < -0.39 is 0 Å². The van der Waals surface area contributed by atoms with Gasteiger partial charge in [0.05, 0.1) is 33.5 Å². The van der Waals surface area contributed by atoms with Crippen molar-refractivity contribution < 1.29 is 8.83 Å². The highest BCUT2D eigenvalue weighted by atomic mass is 16.3. The highest BCUT2D eigenvalue weighted by Gasteiger charge is 2.62. The number of nitrogens with zero attached hydrogens (tertiary/aromatic N) is 2.